The number of alkyl halides is 1. The van der Waals surface area contributed by atoms with Gasteiger partial charge in [-0.1, -0.05) is 49.0 Å². The summed E-state index contributed by atoms with van der Waals surface area (Å²) >= 11 is 2.09. The van der Waals surface area contributed by atoms with Crippen LogP contribution in [0.1, 0.15) is 37.3 Å². The van der Waals surface area contributed by atoms with Crippen LogP contribution in [0.3, 0.4) is 0 Å². The molecule has 0 saturated heterocycles. The molecule has 0 aromatic heterocycles. The summed E-state index contributed by atoms with van der Waals surface area (Å²) in [6.45, 7) is 5.36. The van der Waals surface area contributed by atoms with Gasteiger partial charge in [0.05, 0.1) is 7.11 Å². The van der Waals surface area contributed by atoms with Crippen LogP contribution in [0.4, 0.5) is 0 Å². The SMILES string of the molecule is C=C[C@@H](I)Oc1ccc(C[C@H](NC(C)=O)C(=O)N[C@@H](CCCCN=C(N)N)C(=O)N[C@@H](Cc2ccccc2)C(=O)OC)cc1. The molecule has 2 aromatic rings. The number of unbranched alkanes of at least 4 members (excludes halogenated alkanes) is 1. The van der Waals surface area contributed by atoms with Crippen molar-refractivity contribution in [3.63, 3.8) is 0 Å². The molecule has 7 N–H and O–H groups in total. The van der Waals surface area contributed by atoms with E-state index in [2.05, 4.69) is 50.1 Å². The first kappa shape index (κ1) is 36.1. The van der Waals surface area contributed by atoms with Gasteiger partial charge in [0.15, 0.2) is 10.1 Å². The highest BCUT2D eigenvalue weighted by atomic mass is 127. The normalized spacial score (nSPS) is 13.2. The molecular weight excluding hydrogens is 679 g/mol. The fourth-order valence-corrected chi connectivity index (χ4v) is 4.53. The van der Waals surface area contributed by atoms with Crippen molar-refractivity contribution in [2.75, 3.05) is 13.7 Å². The molecule has 13 heteroatoms. The maximum atomic E-state index is 13.5. The minimum atomic E-state index is -1.02. The number of methoxy groups -OCH3 is 1. The van der Waals surface area contributed by atoms with E-state index in [1.165, 1.54) is 14.0 Å². The van der Waals surface area contributed by atoms with E-state index in [1.54, 1.807) is 30.3 Å². The molecule has 4 atom stereocenters. The number of amides is 3. The monoisotopic (exact) mass is 720 g/mol. The molecule has 0 aliphatic heterocycles. The van der Waals surface area contributed by atoms with Crippen molar-refractivity contribution >= 4 is 52.2 Å². The van der Waals surface area contributed by atoms with E-state index in [0.29, 0.717) is 25.1 Å². The average molecular weight is 721 g/mol. The summed E-state index contributed by atoms with van der Waals surface area (Å²) < 4.78 is 10.4. The summed E-state index contributed by atoms with van der Waals surface area (Å²) in [7, 11) is 1.24. The Morgan fingerprint density at radius 1 is 0.886 bits per heavy atom. The number of nitrogens with zero attached hydrogens (tertiary/aromatic N) is 1. The smallest absolute Gasteiger partial charge is 0.328 e. The Bertz CT molecular complexity index is 1270. The number of aliphatic imine (C=N–C) groups is 1. The first-order valence-corrected chi connectivity index (χ1v) is 15.3. The van der Waals surface area contributed by atoms with Crippen LogP contribution in [-0.2, 0) is 36.8 Å². The minimum absolute atomic E-state index is 0.0398. The third kappa shape index (κ3) is 13.4. The van der Waals surface area contributed by atoms with Crippen LogP contribution in [0.2, 0.25) is 0 Å². The van der Waals surface area contributed by atoms with Crippen molar-refractivity contribution < 1.29 is 28.7 Å². The zero-order valence-electron chi connectivity index (χ0n) is 25.0. The molecule has 0 radical (unpaired) electrons. The van der Waals surface area contributed by atoms with Crippen LogP contribution in [0.15, 0.2) is 72.2 Å². The lowest BCUT2D eigenvalue weighted by Crippen LogP contribution is -2.56. The van der Waals surface area contributed by atoms with Crippen molar-refractivity contribution in [3.8, 4) is 5.75 Å². The molecule has 0 heterocycles. The Kier molecular flexibility index (Phi) is 15.7. The number of nitrogens with two attached hydrogens (primary N) is 2. The van der Waals surface area contributed by atoms with E-state index in [0.717, 1.165) is 11.1 Å². The predicted octanol–water partition coefficient (Wildman–Crippen LogP) is 1.89. The maximum Gasteiger partial charge on any atom is 0.328 e. The Labute approximate surface area is 271 Å². The number of esters is 1. The van der Waals surface area contributed by atoms with Crippen LogP contribution in [0.5, 0.6) is 5.75 Å². The zero-order chi connectivity index (χ0) is 32.5. The second-order valence-electron chi connectivity index (χ2n) is 9.94. The molecule has 0 saturated carbocycles. The van der Waals surface area contributed by atoms with E-state index < -0.39 is 41.8 Å². The molecule has 0 fully saturated rings. The second kappa shape index (κ2) is 19.2. The molecule has 3 amide bonds. The van der Waals surface area contributed by atoms with Gasteiger partial charge >= 0.3 is 5.97 Å². The largest absolute Gasteiger partial charge is 0.476 e. The highest BCUT2D eigenvalue weighted by Crippen LogP contribution is 2.18. The van der Waals surface area contributed by atoms with Gasteiger partial charge in [-0.25, -0.2) is 4.79 Å². The molecule has 238 valence electrons. The molecule has 0 aliphatic carbocycles. The summed E-state index contributed by atoms with van der Waals surface area (Å²) in [6.07, 6.45) is 3.30. The highest BCUT2D eigenvalue weighted by molar-refractivity contribution is 14.1. The molecule has 2 aromatic carbocycles. The zero-order valence-corrected chi connectivity index (χ0v) is 27.1. The van der Waals surface area contributed by atoms with Gasteiger partial charge in [0.25, 0.3) is 0 Å². The fraction of sp³-hybridized carbons (Fsp3) is 0.387. The van der Waals surface area contributed by atoms with Crippen LogP contribution in [0.25, 0.3) is 0 Å². The molecule has 0 spiro atoms. The number of hydrogen-bond acceptors (Lipinski definition) is 7. The number of hydrogen-bond donors (Lipinski definition) is 5. The molecule has 0 unspecified atom stereocenters. The molecular formula is C31H41IN6O6. The van der Waals surface area contributed by atoms with Gasteiger partial charge < -0.3 is 36.9 Å². The Morgan fingerprint density at radius 2 is 1.48 bits per heavy atom. The fourth-order valence-electron chi connectivity index (χ4n) is 4.24. The molecule has 2 rings (SSSR count). The number of benzene rings is 2. The quantitative estimate of drug-likeness (QED) is 0.0294. The van der Waals surface area contributed by atoms with Crippen molar-refractivity contribution in [3.05, 3.63) is 78.4 Å². The number of rotatable bonds is 18. The van der Waals surface area contributed by atoms with Crippen LogP contribution in [0, 0.1) is 0 Å². The predicted molar refractivity (Wildman–Crippen MR) is 177 cm³/mol. The van der Waals surface area contributed by atoms with E-state index >= 15 is 0 Å². The number of carbonyl (C=O) groups is 4. The van der Waals surface area contributed by atoms with Crippen LogP contribution < -0.4 is 32.2 Å². The van der Waals surface area contributed by atoms with Crippen molar-refractivity contribution in [2.45, 2.75) is 61.3 Å². The third-order valence-electron chi connectivity index (χ3n) is 6.40. The number of halogens is 1. The van der Waals surface area contributed by atoms with Gasteiger partial charge in [-0.15, -0.1) is 0 Å². The third-order valence-corrected chi connectivity index (χ3v) is 7.17. The van der Waals surface area contributed by atoms with Crippen molar-refractivity contribution in [1.29, 1.82) is 0 Å². The lowest BCUT2D eigenvalue weighted by atomic mass is 10.0. The number of guanidine groups is 1. The van der Waals surface area contributed by atoms with E-state index in [1.807, 2.05) is 30.3 Å². The summed E-state index contributed by atoms with van der Waals surface area (Å²) in [6, 6.07) is 13.3. The molecule has 0 bridgehead atoms. The lowest BCUT2D eigenvalue weighted by molar-refractivity contribution is -0.145. The van der Waals surface area contributed by atoms with E-state index in [4.69, 9.17) is 20.9 Å². The first-order chi connectivity index (χ1) is 21.0. The summed E-state index contributed by atoms with van der Waals surface area (Å²) in [5.74, 6) is -1.56. The average Bonchev–Trinajstić information content (AvgIpc) is 3.00. The van der Waals surface area contributed by atoms with Crippen molar-refractivity contribution in [2.24, 2.45) is 16.5 Å². The number of ether oxygens (including phenoxy) is 2. The molecule has 12 nitrogen and oxygen atoms in total. The maximum absolute atomic E-state index is 13.5. The van der Waals surface area contributed by atoms with E-state index in [9.17, 15) is 19.2 Å². The molecule has 0 aliphatic rings. The van der Waals surface area contributed by atoms with Gasteiger partial charge in [-0.3, -0.25) is 19.4 Å². The summed E-state index contributed by atoms with van der Waals surface area (Å²) in [5.41, 5.74) is 12.4. The Hall–Kier alpha value is -4.14. The van der Waals surface area contributed by atoms with Gasteiger partial charge in [-0.05, 0) is 71.2 Å². The van der Waals surface area contributed by atoms with Crippen molar-refractivity contribution in [1.82, 2.24) is 16.0 Å². The first-order valence-electron chi connectivity index (χ1n) is 14.1. The van der Waals surface area contributed by atoms with Crippen LogP contribution in [-0.4, -0.2) is 65.5 Å². The minimum Gasteiger partial charge on any atom is -0.476 e. The van der Waals surface area contributed by atoms with Gasteiger partial charge in [0.1, 0.15) is 23.9 Å². The number of nitrogens with one attached hydrogen (secondary N) is 3. The van der Waals surface area contributed by atoms with Gasteiger partial charge in [0.2, 0.25) is 17.7 Å². The Balaban J connectivity index is 2.22. The van der Waals surface area contributed by atoms with E-state index in [-0.39, 0.29) is 29.3 Å². The highest BCUT2D eigenvalue weighted by Gasteiger charge is 2.30. The topological polar surface area (TPSA) is 187 Å². The second-order valence-corrected chi connectivity index (χ2v) is 11.2. The van der Waals surface area contributed by atoms with Gasteiger partial charge in [-0.2, -0.15) is 0 Å². The lowest BCUT2D eigenvalue weighted by Gasteiger charge is -2.25. The van der Waals surface area contributed by atoms with Crippen LogP contribution >= 0.6 is 22.6 Å². The summed E-state index contributed by atoms with van der Waals surface area (Å²) in [4.78, 5) is 55.6. The molecule has 44 heavy (non-hydrogen) atoms. The number of carbonyl (C=O) groups excluding carboxylic acids is 4. The van der Waals surface area contributed by atoms with Gasteiger partial charge in [0, 0.05) is 26.3 Å². The standard InChI is InChI=1S/C31H41IN6O6/c1-4-27(32)44-23-15-13-22(14-16-23)18-25(36-20(2)39)29(41)37-24(12-8-9-17-35-31(33)34)28(40)38-26(30(42)43-3)19-21-10-6-5-7-11-21/h4-7,10-11,13-16,24-27H,1,8-9,12,17-19H2,2-3H3,(H,36,39)(H,37,41)(H,38,40)(H4,33,34,35)/t24-,25-,26-,27-/m0/s1. The summed E-state index contributed by atoms with van der Waals surface area (Å²) in [5, 5.41) is 8.18. The Morgan fingerprint density at radius 3 is 2.07 bits per heavy atom.